The average Bonchev–Trinajstić information content (AvgIpc) is 3.24. The highest BCUT2D eigenvalue weighted by Crippen LogP contribution is 2.17. The van der Waals surface area contributed by atoms with Crippen LogP contribution < -0.4 is 10.6 Å². The molecular formula is C19H27N7O2. The summed E-state index contributed by atoms with van der Waals surface area (Å²) in [6.45, 7) is 3.90. The smallest absolute Gasteiger partial charge is 0.404 e. The van der Waals surface area contributed by atoms with Gasteiger partial charge in [-0.05, 0) is 19.4 Å². The molecule has 0 aliphatic heterocycles. The van der Waals surface area contributed by atoms with Crippen LogP contribution in [0, 0.1) is 0 Å². The van der Waals surface area contributed by atoms with Crippen molar-refractivity contribution in [3.05, 3.63) is 30.9 Å². The van der Waals surface area contributed by atoms with E-state index in [0.29, 0.717) is 25.5 Å². The van der Waals surface area contributed by atoms with Gasteiger partial charge in [0, 0.05) is 43.6 Å². The molecule has 1 aliphatic rings. The largest absolute Gasteiger partial charge is 0.465 e. The number of carboxylic acid groups (broad SMARTS) is 1. The maximum Gasteiger partial charge on any atom is 0.404 e. The van der Waals surface area contributed by atoms with Gasteiger partial charge in [-0.25, -0.2) is 9.78 Å². The fourth-order valence-electron chi connectivity index (χ4n) is 2.64. The van der Waals surface area contributed by atoms with Gasteiger partial charge in [0.25, 0.3) is 0 Å². The van der Waals surface area contributed by atoms with Crippen LogP contribution in [0.15, 0.2) is 30.9 Å². The Morgan fingerprint density at radius 3 is 2.68 bits per heavy atom. The van der Waals surface area contributed by atoms with Crippen LogP contribution in [0.25, 0.3) is 11.0 Å². The second-order valence-corrected chi connectivity index (χ2v) is 6.69. The highest BCUT2D eigenvalue weighted by Gasteiger charge is 2.07. The first-order valence-electron chi connectivity index (χ1n) is 9.74. The number of nitrogens with one attached hydrogen (secondary N) is 2. The first-order valence-corrected chi connectivity index (χ1v) is 9.74. The number of aryl methyl sites for hydroxylation is 2. The van der Waals surface area contributed by atoms with E-state index in [9.17, 15) is 4.79 Å². The third-order valence-corrected chi connectivity index (χ3v) is 4.57. The van der Waals surface area contributed by atoms with Gasteiger partial charge in [-0.3, -0.25) is 4.68 Å². The number of amides is 1. The maximum absolute atomic E-state index is 10.5. The van der Waals surface area contributed by atoms with Gasteiger partial charge in [-0.2, -0.15) is 10.1 Å². The molecule has 0 spiro atoms. The maximum atomic E-state index is 10.5. The van der Waals surface area contributed by atoms with Crippen molar-refractivity contribution in [1.82, 2.24) is 29.6 Å². The molecule has 1 amide bonds. The van der Waals surface area contributed by atoms with Crippen LogP contribution in [0.2, 0.25) is 0 Å². The zero-order chi connectivity index (χ0) is 19.8. The molecule has 0 radical (unpaired) electrons. The monoisotopic (exact) mass is 385 g/mol. The van der Waals surface area contributed by atoms with E-state index in [2.05, 4.69) is 25.7 Å². The Labute approximate surface area is 163 Å². The lowest BCUT2D eigenvalue weighted by molar-refractivity contribution is 0.194. The first-order chi connectivity index (χ1) is 13.7. The summed E-state index contributed by atoms with van der Waals surface area (Å²) >= 11 is 0. The van der Waals surface area contributed by atoms with Crippen LogP contribution in [0.4, 0.5) is 16.4 Å². The van der Waals surface area contributed by atoms with Crippen LogP contribution in [-0.4, -0.2) is 42.1 Å². The van der Waals surface area contributed by atoms with E-state index in [1.54, 1.807) is 12.4 Å². The van der Waals surface area contributed by atoms with Gasteiger partial charge < -0.3 is 20.3 Å². The molecule has 9 nitrogen and oxygen atoms in total. The number of fused-ring (bicyclic) bond motifs is 1. The van der Waals surface area contributed by atoms with Crippen molar-refractivity contribution in [3.8, 4) is 0 Å². The third kappa shape index (κ3) is 5.45. The molecule has 3 aromatic heterocycles. The van der Waals surface area contributed by atoms with Crippen LogP contribution >= 0.6 is 0 Å². The van der Waals surface area contributed by atoms with Crippen molar-refractivity contribution in [2.45, 2.75) is 52.1 Å². The Bertz CT molecular complexity index is 895. The van der Waals surface area contributed by atoms with Crippen molar-refractivity contribution in [2.24, 2.45) is 0 Å². The second-order valence-electron chi connectivity index (χ2n) is 6.69. The number of rotatable bonds is 7. The topological polar surface area (TPSA) is 110 Å². The van der Waals surface area contributed by atoms with Crippen LogP contribution in [0.3, 0.4) is 0 Å². The number of hydrogen-bond donors (Lipinski definition) is 3. The van der Waals surface area contributed by atoms with E-state index >= 15 is 0 Å². The predicted octanol–water partition coefficient (Wildman–Crippen LogP) is 3.61. The zero-order valence-electron chi connectivity index (χ0n) is 16.1. The van der Waals surface area contributed by atoms with Crippen molar-refractivity contribution in [1.29, 1.82) is 0 Å². The third-order valence-electron chi connectivity index (χ3n) is 4.57. The summed E-state index contributed by atoms with van der Waals surface area (Å²) in [5, 5.41) is 19.2. The van der Waals surface area contributed by atoms with Gasteiger partial charge in [0.1, 0.15) is 5.65 Å². The van der Waals surface area contributed by atoms with Gasteiger partial charge >= 0.3 is 6.09 Å². The van der Waals surface area contributed by atoms with Gasteiger partial charge in [0.2, 0.25) is 5.95 Å². The van der Waals surface area contributed by atoms with E-state index in [1.165, 1.54) is 25.7 Å². The molecule has 150 valence electrons. The van der Waals surface area contributed by atoms with Crippen LogP contribution in [-0.2, 0) is 13.1 Å². The minimum absolute atomic E-state index is 0.404. The zero-order valence-corrected chi connectivity index (χ0v) is 16.1. The summed E-state index contributed by atoms with van der Waals surface area (Å²) in [4.78, 5) is 19.3. The molecule has 1 saturated carbocycles. The lowest BCUT2D eigenvalue weighted by Gasteiger charge is -2.06. The van der Waals surface area contributed by atoms with E-state index in [1.807, 2.05) is 34.6 Å². The quantitative estimate of drug-likeness (QED) is 0.536. The van der Waals surface area contributed by atoms with Crippen molar-refractivity contribution in [3.63, 3.8) is 0 Å². The minimum atomic E-state index is -1.01. The Hall–Kier alpha value is -3.10. The summed E-state index contributed by atoms with van der Waals surface area (Å²) in [5.41, 5.74) is 1.64. The number of anilines is 2. The number of aromatic nitrogens is 5. The predicted molar refractivity (Wildman–Crippen MR) is 108 cm³/mol. The molecule has 0 atom stereocenters. The number of hydrogen-bond acceptors (Lipinski definition) is 5. The molecule has 28 heavy (non-hydrogen) atoms. The van der Waals surface area contributed by atoms with Crippen LogP contribution in [0.5, 0.6) is 0 Å². The molecule has 3 N–H and O–H groups in total. The molecule has 4 rings (SSSR count). The van der Waals surface area contributed by atoms with Gasteiger partial charge in [-0.15, -0.1) is 0 Å². The van der Waals surface area contributed by atoms with Crippen molar-refractivity contribution in [2.75, 3.05) is 11.9 Å². The lowest BCUT2D eigenvalue weighted by Crippen LogP contribution is -2.22. The fraction of sp³-hybridized carbons (Fsp3) is 0.474. The summed E-state index contributed by atoms with van der Waals surface area (Å²) in [6, 6.07) is 1.94. The molecule has 0 bridgehead atoms. The SMILES string of the molecule is C1CCC1.CCn1cc(Nc2ncc3ccn(CCCNC(=O)O)c3n2)cn1. The summed E-state index contributed by atoms with van der Waals surface area (Å²) < 4.78 is 3.81. The summed E-state index contributed by atoms with van der Waals surface area (Å²) in [6.07, 6.45) is 13.0. The normalized spacial score (nSPS) is 12.8. The lowest BCUT2D eigenvalue weighted by atomic mass is 10.0. The average molecular weight is 385 g/mol. The number of carbonyl (C=O) groups is 1. The molecular weight excluding hydrogens is 358 g/mol. The van der Waals surface area contributed by atoms with E-state index in [0.717, 1.165) is 23.3 Å². The van der Waals surface area contributed by atoms with Gasteiger partial charge in [0.15, 0.2) is 0 Å². The standard InChI is InChI=1S/C15H19N7O2.C4H8/c1-2-22-10-12(9-18-22)19-14-17-8-11-4-7-21(13(11)20-14)6-3-5-16-15(23)24;1-2-4-3-1/h4,7-10,16H,2-3,5-6H2,1H3,(H,23,24)(H,17,19,20);1-4H2. The van der Waals surface area contributed by atoms with Gasteiger partial charge in [-0.1, -0.05) is 25.7 Å². The molecule has 9 heteroatoms. The Morgan fingerprint density at radius 2 is 2.04 bits per heavy atom. The number of nitrogens with zero attached hydrogens (tertiary/aromatic N) is 5. The highest BCUT2D eigenvalue weighted by atomic mass is 16.4. The molecule has 0 aromatic carbocycles. The molecule has 1 aliphatic carbocycles. The minimum Gasteiger partial charge on any atom is -0.465 e. The fourth-order valence-corrected chi connectivity index (χ4v) is 2.64. The Kier molecular flexibility index (Phi) is 6.83. The molecule has 0 unspecified atom stereocenters. The van der Waals surface area contributed by atoms with E-state index in [4.69, 9.17) is 5.11 Å². The Balaban J connectivity index is 0.000000500. The molecule has 3 aromatic rings. The van der Waals surface area contributed by atoms with Crippen LogP contribution in [0.1, 0.15) is 39.0 Å². The Morgan fingerprint density at radius 1 is 1.25 bits per heavy atom. The molecule has 1 fully saturated rings. The van der Waals surface area contributed by atoms with E-state index in [-0.39, 0.29) is 0 Å². The second kappa shape index (κ2) is 9.72. The summed E-state index contributed by atoms with van der Waals surface area (Å²) in [7, 11) is 0. The highest BCUT2D eigenvalue weighted by molar-refractivity contribution is 5.76. The van der Waals surface area contributed by atoms with Gasteiger partial charge in [0.05, 0.1) is 11.9 Å². The summed E-state index contributed by atoms with van der Waals surface area (Å²) in [5.74, 6) is 0.502. The van der Waals surface area contributed by atoms with Crippen molar-refractivity contribution < 1.29 is 9.90 Å². The first kappa shape index (κ1) is 19.7. The molecule has 0 saturated heterocycles. The molecule has 3 heterocycles. The van der Waals surface area contributed by atoms with E-state index < -0.39 is 6.09 Å². The van der Waals surface area contributed by atoms with Crippen molar-refractivity contribution >= 4 is 28.8 Å².